The third kappa shape index (κ3) is 2.63. The summed E-state index contributed by atoms with van der Waals surface area (Å²) in [7, 11) is 0. The molecule has 0 radical (unpaired) electrons. The summed E-state index contributed by atoms with van der Waals surface area (Å²) in [6.45, 7) is 0.833. The van der Waals surface area contributed by atoms with Crippen molar-refractivity contribution in [3.8, 4) is 0 Å². The monoisotopic (exact) mass is 272 g/mol. The van der Waals surface area contributed by atoms with E-state index >= 15 is 0 Å². The number of urea groups is 1. The van der Waals surface area contributed by atoms with Crippen LogP contribution in [0.1, 0.15) is 24.4 Å². The predicted octanol–water partition coefficient (Wildman–Crippen LogP) is 4.12. The first kappa shape index (κ1) is 12.2. The molecular weight excluding hydrogens is 256 g/mol. The highest BCUT2D eigenvalue weighted by atomic mass is 32.1. The molecule has 3 nitrogen and oxygen atoms in total. The number of anilines is 1. The van der Waals surface area contributed by atoms with Crippen molar-refractivity contribution >= 4 is 23.1 Å². The van der Waals surface area contributed by atoms with Crippen molar-refractivity contribution in [2.24, 2.45) is 0 Å². The van der Waals surface area contributed by atoms with Crippen LogP contribution in [0.5, 0.6) is 0 Å². The van der Waals surface area contributed by atoms with Gasteiger partial charge in [0.25, 0.3) is 0 Å². The van der Waals surface area contributed by atoms with E-state index in [-0.39, 0.29) is 12.1 Å². The lowest BCUT2D eigenvalue weighted by Crippen LogP contribution is -2.34. The SMILES string of the molecule is O=C(Nc1ccccc1)N1CCC[C@@H]1c1ccsc1. The molecule has 1 aromatic heterocycles. The molecular formula is C15H16N2OS. The summed E-state index contributed by atoms with van der Waals surface area (Å²) < 4.78 is 0. The largest absolute Gasteiger partial charge is 0.322 e. The number of rotatable bonds is 2. The minimum Gasteiger partial charge on any atom is -0.317 e. The molecule has 1 aromatic carbocycles. The van der Waals surface area contributed by atoms with Crippen molar-refractivity contribution in [3.63, 3.8) is 0 Å². The van der Waals surface area contributed by atoms with Gasteiger partial charge in [0.1, 0.15) is 0 Å². The number of nitrogens with one attached hydrogen (secondary N) is 1. The highest BCUT2D eigenvalue weighted by molar-refractivity contribution is 7.07. The zero-order valence-corrected chi connectivity index (χ0v) is 11.4. The maximum atomic E-state index is 12.3. The van der Waals surface area contributed by atoms with E-state index in [4.69, 9.17) is 0 Å². The fourth-order valence-corrected chi connectivity index (χ4v) is 3.24. The van der Waals surface area contributed by atoms with E-state index in [0.717, 1.165) is 25.1 Å². The Labute approximate surface area is 116 Å². The first-order valence-corrected chi connectivity index (χ1v) is 7.43. The highest BCUT2D eigenvalue weighted by Crippen LogP contribution is 2.33. The summed E-state index contributed by atoms with van der Waals surface area (Å²) >= 11 is 1.69. The van der Waals surface area contributed by atoms with Crippen LogP contribution in [-0.4, -0.2) is 17.5 Å². The van der Waals surface area contributed by atoms with Gasteiger partial charge in [0, 0.05) is 12.2 Å². The van der Waals surface area contributed by atoms with Crippen molar-refractivity contribution in [1.29, 1.82) is 0 Å². The van der Waals surface area contributed by atoms with Crippen molar-refractivity contribution in [2.75, 3.05) is 11.9 Å². The molecule has 2 amide bonds. The molecule has 4 heteroatoms. The number of hydrogen-bond acceptors (Lipinski definition) is 2. The number of likely N-dealkylation sites (tertiary alicyclic amines) is 1. The van der Waals surface area contributed by atoms with E-state index in [9.17, 15) is 4.79 Å². The average Bonchev–Trinajstić information content (AvgIpc) is 3.10. The van der Waals surface area contributed by atoms with E-state index in [1.165, 1.54) is 5.56 Å². The fourth-order valence-electron chi connectivity index (χ4n) is 2.54. The molecule has 0 unspecified atom stereocenters. The van der Waals surface area contributed by atoms with Crippen molar-refractivity contribution in [2.45, 2.75) is 18.9 Å². The summed E-state index contributed by atoms with van der Waals surface area (Å²) in [5, 5.41) is 7.17. The Hall–Kier alpha value is -1.81. The van der Waals surface area contributed by atoms with Gasteiger partial charge in [-0.2, -0.15) is 11.3 Å². The molecule has 1 atom stereocenters. The normalized spacial score (nSPS) is 18.5. The number of hydrogen-bond donors (Lipinski definition) is 1. The second-order valence-corrected chi connectivity index (χ2v) is 5.48. The van der Waals surface area contributed by atoms with Crippen LogP contribution in [0.4, 0.5) is 10.5 Å². The lowest BCUT2D eigenvalue weighted by Gasteiger charge is -2.24. The minimum absolute atomic E-state index is 0.0000926. The Morgan fingerprint density at radius 2 is 2.11 bits per heavy atom. The van der Waals surface area contributed by atoms with E-state index < -0.39 is 0 Å². The van der Waals surface area contributed by atoms with E-state index in [1.807, 2.05) is 35.2 Å². The molecule has 1 N–H and O–H groups in total. The third-order valence-electron chi connectivity index (χ3n) is 3.47. The molecule has 1 saturated heterocycles. The van der Waals surface area contributed by atoms with Crippen molar-refractivity contribution in [1.82, 2.24) is 4.90 Å². The maximum Gasteiger partial charge on any atom is 0.322 e. The van der Waals surface area contributed by atoms with Crippen molar-refractivity contribution in [3.05, 3.63) is 52.7 Å². The zero-order chi connectivity index (χ0) is 13.1. The Balaban J connectivity index is 1.72. The van der Waals surface area contributed by atoms with E-state index in [2.05, 4.69) is 22.1 Å². The van der Waals surface area contributed by atoms with Gasteiger partial charge in [0.05, 0.1) is 6.04 Å². The Bertz CT molecular complexity index is 539. The smallest absolute Gasteiger partial charge is 0.317 e. The Kier molecular flexibility index (Phi) is 3.51. The molecule has 0 bridgehead atoms. The van der Waals surface area contributed by atoms with Crippen LogP contribution in [0.25, 0.3) is 0 Å². The molecule has 1 fully saturated rings. The molecule has 19 heavy (non-hydrogen) atoms. The lowest BCUT2D eigenvalue weighted by molar-refractivity contribution is 0.207. The molecule has 0 aliphatic carbocycles. The van der Waals surface area contributed by atoms with Gasteiger partial charge in [-0.3, -0.25) is 0 Å². The quantitative estimate of drug-likeness (QED) is 0.876. The predicted molar refractivity (Wildman–Crippen MR) is 78.5 cm³/mol. The van der Waals surface area contributed by atoms with Gasteiger partial charge in [-0.05, 0) is 47.4 Å². The molecule has 1 aliphatic rings. The number of thiophene rings is 1. The molecule has 2 heterocycles. The van der Waals surface area contributed by atoms with Gasteiger partial charge < -0.3 is 10.2 Å². The van der Waals surface area contributed by atoms with Crippen LogP contribution in [0.2, 0.25) is 0 Å². The maximum absolute atomic E-state index is 12.3. The van der Waals surface area contributed by atoms with Gasteiger partial charge in [-0.25, -0.2) is 4.79 Å². The van der Waals surface area contributed by atoms with Gasteiger partial charge in [0.2, 0.25) is 0 Å². The highest BCUT2D eigenvalue weighted by Gasteiger charge is 2.30. The number of amides is 2. The second-order valence-electron chi connectivity index (χ2n) is 4.70. The third-order valence-corrected chi connectivity index (χ3v) is 4.17. The van der Waals surface area contributed by atoms with Crippen LogP contribution in [0, 0.1) is 0 Å². The lowest BCUT2D eigenvalue weighted by atomic mass is 10.1. The molecule has 2 aromatic rings. The number of carbonyl (C=O) groups is 1. The average molecular weight is 272 g/mol. The van der Waals surface area contributed by atoms with Crippen LogP contribution in [-0.2, 0) is 0 Å². The summed E-state index contributed by atoms with van der Waals surface area (Å²) in [5.41, 5.74) is 2.11. The van der Waals surface area contributed by atoms with E-state index in [1.54, 1.807) is 11.3 Å². The Morgan fingerprint density at radius 1 is 1.26 bits per heavy atom. The topological polar surface area (TPSA) is 32.3 Å². The first-order chi connectivity index (χ1) is 9.34. The second kappa shape index (κ2) is 5.45. The summed E-state index contributed by atoms with van der Waals surface area (Å²) in [4.78, 5) is 14.3. The van der Waals surface area contributed by atoms with Crippen molar-refractivity contribution < 1.29 is 4.79 Å². The van der Waals surface area contributed by atoms with Crippen LogP contribution >= 0.6 is 11.3 Å². The van der Waals surface area contributed by atoms with Crippen LogP contribution < -0.4 is 5.32 Å². The molecule has 98 valence electrons. The molecule has 0 saturated carbocycles. The number of para-hydroxylation sites is 1. The van der Waals surface area contributed by atoms with Crippen LogP contribution in [0.15, 0.2) is 47.2 Å². The van der Waals surface area contributed by atoms with E-state index in [0.29, 0.717) is 0 Å². The summed E-state index contributed by atoms with van der Waals surface area (Å²) in [6.07, 6.45) is 2.13. The van der Waals surface area contributed by atoms with Gasteiger partial charge in [-0.15, -0.1) is 0 Å². The standard InChI is InChI=1S/C15H16N2OS/c18-15(16-13-5-2-1-3-6-13)17-9-4-7-14(17)12-8-10-19-11-12/h1-3,5-6,8,10-11,14H,4,7,9H2,(H,16,18)/t14-/m1/s1. The van der Waals surface area contributed by atoms with Gasteiger partial charge in [0.15, 0.2) is 0 Å². The Morgan fingerprint density at radius 3 is 2.84 bits per heavy atom. The number of nitrogens with zero attached hydrogens (tertiary/aromatic N) is 1. The first-order valence-electron chi connectivity index (χ1n) is 6.49. The molecule has 3 rings (SSSR count). The van der Waals surface area contributed by atoms with Gasteiger partial charge >= 0.3 is 6.03 Å². The molecule has 0 spiro atoms. The number of benzene rings is 1. The summed E-state index contributed by atoms with van der Waals surface area (Å²) in [6, 6.07) is 12.0. The number of carbonyl (C=O) groups excluding carboxylic acids is 1. The zero-order valence-electron chi connectivity index (χ0n) is 10.6. The van der Waals surface area contributed by atoms with Crippen LogP contribution in [0.3, 0.4) is 0 Å². The molecule has 1 aliphatic heterocycles. The van der Waals surface area contributed by atoms with Gasteiger partial charge in [-0.1, -0.05) is 18.2 Å². The fraction of sp³-hybridized carbons (Fsp3) is 0.267. The minimum atomic E-state index is -0.0000926. The summed E-state index contributed by atoms with van der Waals surface area (Å²) in [5.74, 6) is 0.